The summed E-state index contributed by atoms with van der Waals surface area (Å²) in [5, 5.41) is 13.9. The molecule has 1 atom stereocenters. The number of anilines is 1. The number of halogens is 5. The number of fused-ring (bicyclic) bond motifs is 1. The summed E-state index contributed by atoms with van der Waals surface area (Å²) in [5.74, 6) is -2.84. The number of carbonyl (C=O) groups excluding carboxylic acids is 2. The first-order chi connectivity index (χ1) is 16.0. The summed E-state index contributed by atoms with van der Waals surface area (Å²) in [6.45, 7) is -0.788. The van der Waals surface area contributed by atoms with Gasteiger partial charge in [-0.05, 0) is 35.9 Å². The van der Waals surface area contributed by atoms with Crippen LogP contribution in [-0.2, 0) is 23.1 Å². The van der Waals surface area contributed by atoms with E-state index < -0.39 is 47.3 Å². The third-order valence-corrected chi connectivity index (χ3v) is 5.87. The van der Waals surface area contributed by atoms with Crippen LogP contribution in [0.15, 0.2) is 66.7 Å². The van der Waals surface area contributed by atoms with E-state index in [0.29, 0.717) is 5.56 Å². The van der Waals surface area contributed by atoms with Crippen LogP contribution in [0.4, 0.5) is 23.2 Å². The highest BCUT2D eigenvalue weighted by Gasteiger charge is 2.46. The van der Waals surface area contributed by atoms with Gasteiger partial charge < -0.3 is 10.4 Å². The Morgan fingerprint density at radius 1 is 1.09 bits per heavy atom. The van der Waals surface area contributed by atoms with Gasteiger partial charge >= 0.3 is 6.18 Å². The molecule has 4 rings (SSSR count). The van der Waals surface area contributed by atoms with E-state index >= 15 is 0 Å². The van der Waals surface area contributed by atoms with E-state index in [1.807, 2.05) is 0 Å². The molecule has 2 N–H and O–H groups in total. The smallest absolute Gasteiger partial charge is 0.366 e. The Balaban J connectivity index is 1.71. The Morgan fingerprint density at radius 2 is 1.76 bits per heavy atom. The van der Waals surface area contributed by atoms with Crippen molar-refractivity contribution < 1.29 is 32.3 Å². The van der Waals surface area contributed by atoms with Gasteiger partial charge in [-0.3, -0.25) is 14.5 Å². The largest absolute Gasteiger partial charge is 0.418 e. The van der Waals surface area contributed by atoms with Crippen molar-refractivity contribution in [1.82, 2.24) is 4.90 Å². The molecule has 0 aliphatic carbocycles. The monoisotopic (exact) mass is 492 g/mol. The predicted molar refractivity (Wildman–Crippen MR) is 117 cm³/mol. The molecule has 0 aromatic heterocycles. The average molecular weight is 493 g/mol. The third kappa shape index (κ3) is 4.36. The molecule has 2 amide bonds. The van der Waals surface area contributed by atoms with Crippen LogP contribution in [0.1, 0.15) is 27.0 Å². The van der Waals surface area contributed by atoms with Gasteiger partial charge in [0.15, 0.2) is 5.72 Å². The van der Waals surface area contributed by atoms with Crippen molar-refractivity contribution in [3.8, 4) is 0 Å². The van der Waals surface area contributed by atoms with E-state index in [4.69, 9.17) is 11.6 Å². The number of hydrogen-bond donors (Lipinski definition) is 2. The molecule has 3 aromatic carbocycles. The number of hydrogen-bond acceptors (Lipinski definition) is 3. The third-order valence-electron chi connectivity index (χ3n) is 5.54. The van der Waals surface area contributed by atoms with E-state index in [9.17, 15) is 32.3 Å². The summed E-state index contributed by atoms with van der Waals surface area (Å²) in [6.07, 6.45) is -5.03. The number of nitrogens with zero attached hydrogens (tertiary/aromatic N) is 1. The van der Waals surface area contributed by atoms with Crippen molar-refractivity contribution in [3.63, 3.8) is 0 Å². The van der Waals surface area contributed by atoms with Gasteiger partial charge in [0.1, 0.15) is 12.4 Å². The highest BCUT2D eigenvalue weighted by atomic mass is 35.5. The van der Waals surface area contributed by atoms with Crippen LogP contribution in [0.5, 0.6) is 0 Å². The van der Waals surface area contributed by atoms with Gasteiger partial charge in [-0.15, -0.1) is 0 Å². The fourth-order valence-electron chi connectivity index (χ4n) is 3.98. The maximum Gasteiger partial charge on any atom is 0.418 e. The van der Waals surface area contributed by atoms with Crippen LogP contribution >= 0.6 is 11.6 Å². The Morgan fingerprint density at radius 3 is 2.47 bits per heavy atom. The molecule has 0 radical (unpaired) electrons. The standard InChI is InChI=1S/C24H17ClF4N2O3/c25-19-8-4-3-7-17(19)23(34)12-14-5-1-2-6-16(14)22(33)31(23)13-21(32)30-20-10-9-15(26)11-18(20)24(27,28)29/h1-11,34H,12-13H2,(H,30,32). The fourth-order valence-corrected chi connectivity index (χ4v) is 4.27. The molecule has 3 aromatic rings. The molecule has 1 aliphatic heterocycles. The zero-order chi connectivity index (χ0) is 24.7. The number of amides is 2. The van der Waals surface area contributed by atoms with Crippen molar-refractivity contribution in [1.29, 1.82) is 0 Å². The second kappa shape index (κ2) is 8.73. The van der Waals surface area contributed by atoms with E-state index in [-0.39, 0.29) is 28.6 Å². The second-order valence-electron chi connectivity index (χ2n) is 7.76. The highest BCUT2D eigenvalue weighted by molar-refractivity contribution is 6.31. The maximum atomic E-state index is 13.4. The van der Waals surface area contributed by atoms with Crippen LogP contribution in [-0.4, -0.2) is 28.4 Å². The lowest BCUT2D eigenvalue weighted by Crippen LogP contribution is -2.56. The van der Waals surface area contributed by atoms with Gasteiger partial charge in [0.2, 0.25) is 5.91 Å². The van der Waals surface area contributed by atoms with E-state index in [1.165, 1.54) is 18.2 Å². The topological polar surface area (TPSA) is 69.6 Å². The number of nitrogens with one attached hydrogen (secondary N) is 1. The minimum Gasteiger partial charge on any atom is -0.366 e. The lowest BCUT2D eigenvalue weighted by Gasteiger charge is -2.44. The fraction of sp³-hybridized carbons (Fsp3) is 0.167. The molecule has 0 bridgehead atoms. The number of carbonyl (C=O) groups is 2. The van der Waals surface area contributed by atoms with Gasteiger partial charge in [0.05, 0.1) is 11.3 Å². The maximum absolute atomic E-state index is 13.4. The molecule has 0 saturated heterocycles. The first kappa shape index (κ1) is 23.7. The quantitative estimate of drug-likeness (QED) is 0.505. The Bertz CT molecular complexity index is 1280. The molecule has 34 heavy (non-hydrogen) atoms. The molecule has 0 spiro atoms. The summed E-state index contributed by atoms with van der Waals surface area (Å²) in [6, 6.07) is 14.5. The number of benzene rings is 3. The van der Waals surface area contributed by atoms with E-state index in [2.05, 4.69) is 5.32 Å². The molecular weight excluding hydrogens is 476 g/mol. The molecule has 1 aliphatic rings. The zero-order valence-corrected chi connectivity index (χ0v) is 18.1. The van der Waals surface area contributed by atoms with Crippen molar-refractivity contribution in [3.05, 3.63) is 99.8 Å². The Hall–Kier alpha value is -3.43. The van der Waals surface area contributed by atoms with Crippen molar-refractivity contribution in [2.45, 2.75) is 18.3 Å². The summed E-state index contributed by atoms with van der Waals surface area (Å²) in [5.41, 5.74) is -3.18. The zero-order valence-electron chi connectivity index (χ0n) is 17.4. The second-order valence-corrected chi connectivity index (χ2v) is 8.16. The van der Waals surface area contributed by atoms with Gasteiger partial charge in [-0.2, -0.15) is 13.2 Å². The number of rotatable bonds is 4. The van der Waals surface area contributed by atoms with Gasteiger partial charge in [-0.1, -0.05) is 48.0 Å². The molecular formula is C24H17ClF4N2O3. The van der Waals surface area contributed by atoms with Crippen molar-refractivity contribution in [2.75, 3.05) is 11.9 Å². The molecule has 0 saturated carbocycles. The van der Waals surface area contributed by atoms with Crippen LogP contribution < -0.4 is 5.32 Å². The highest BCUT2D eigenvalue weighted by Crippen LogP contribution is 2.40. The molecule has 5 nitrogen and oxygen atoms in total. The number of aliphatic hydroxyl groups is 1. The van der Waals surface area contributed by atoms with Gasteiger partial charge in [0.25, 0.3) is 5.91 Å². The summed E-state index contributed by atoms with van der Waals surface area (Å²) in [7, 11) is 0. The summed E-state index contributed by atoms with van der Waals surface area (Å²) >= 11 is 6.28. The Kier molecular flexibility index (Phi) is 6.09. The van der Waals surface area contributed by atoms with E-state index in [0.717, 1.165) is 17.0 Å². The first-order valence-electron chi connectivity index (χ1n) is 10.0. The molecule has 176 valence electrons. The predicted octanol–water partition coefficient (Wildman–Crippen LogP) is 4.98. The van der Waals surface area contributed by atoms with Gasteiger partial charge in [-0.25, -0.2) is 4.39 Å². The normalized spacial score (nSPS) is 17.9. The lowest BCUT2D eigenvalue weighted by molar-refractivity contribution is -0.137. The van der Waals surface area contributed by atoms with E-state index in [1.54, 1.807) is 30.3 Å². The minimum atomic E-state index is -4.93. The van der Waals surface area contributed by atoms with Crippen LogP contribution in [0.3, 0.4) is 0 Å². The first-order valence-corrected chi connectivity index (χ1v) is 10.4. The number of alkyl halides is 3. The van der Waals surface area contributed by atoms with Crippen LogP contribution in [0.25, 0.3) is 0 Å². The Labute approximate surface area is 196 Å². The molecule has 0 fully saturated rings. The summed E-state index contributed by atoms with van der Waals surface area (Å²) in [4.78, 5) is 26.9. The van der Waals surface area contributed by atoms with Crippen molar-refractivity contribution >= 4 is 29.1 Å². The average Bonchev–Trinajstić information content (AvgIpc) is 2.77. The lowest BCUT2D eigenvalue weighted by atomic mass is 9.86. The van der Waals surface area contributed by atoms with Crippen molar-refractivity contribution in [2.24, 2.45) is 0 Å². The molecule has 10 heteroatoms. The van der Waals surface area contributed by atoms with Crippen LogP contribution in [0.2, 0.25) is 5.02 Å². The van der Waals surface area contributed by atoms with Gasteiger partial charge in [0, 0.05) is 22.6 Å². The molecule has 1 heterocycles. The minimum absolute atomic E-state index is 0.101. The van der Waals surface area contributed by atoms with Crippen LogP contribution in [0, 0.1) is 5.82 Å². The summed E-state index contributed by atoms with van der Waals surface area (Å²) < 4.78 is 53.3. The SMILES string of the molecule is O=C(CN1C(=O)c2ccccc2CC1(O)c1ccccc1Cl)Nc1ccc(F)cc1C(F)(F)F. The molecule has 1 unspecified atom stereocenters.